The Bertz CT molecular complexity index is 1550. The number of anilines is 3. The fourth-order valence-corrected chi connectivity index (χ4v) is 4.20. The average molecular weight is 522 g/mol. The van der Waals surface area contributed by atoms with E-state index in [0.717, 1.165) is 16.9 Å². The van der Waals surface area contributed by atoms with Crippen molar-refractivity contribution in [3.05, 3.63) is 96.7 Å². The number of rotatable bonds is 9. The van der Waals surface area contributed by atoms with Crippen molar-refractivity contribution in [2.45, 2.75) is 6.04 Å². The number of imidazole rings is 1. The van der Waals surface area contributed by atoms with Gasteiger partial charge in [0.1, 0.15) is 11.7 Å². The number of hydrogen-bond acceptors (Lipinski definition) is 8. The minimum atomic E-state index is -0.936. The number of aromatic amines is 1. The molecule has 2 aromatic heterocycles. The Morgan fingerprint density at radius 1 is 0.949 bits per heavy atom. The average Bonchev–Trinajstić information content (AvgIpc) is 3.43. The number of fused-ring (bicyclic) bond motifs is 1. The van der Waals surface area contributed by atoms with Crippen LogP contribution in [-0.2, 0) is 9.53 Å². The van der Waals surface area contributed by atoms with E-state index in [2.05, 4.69) is 30.6 Å². The fraction of sp³-hybridized carbons (Fsp3) is 0.138. The van der Waals surface area contributed by atoms with E-state index in [-0.39, 0.29) is 6.54 Å². The monoisotopic (exact) mass is 521 g/mol. The quantitative estimate of drug-likeness (QED) is 0.247. The summed E-state index contributed by atoms with van der Waals surface area (Å²) in [5.41, 5.74) is 4.07. The number of benzene rings is 3. The summed E-state index contributed by atoms with van der Waals surface area (Å²) >= 11 is 0. The number of nitrogens with zero attached hydrogens (tertiary/aromatic N) is 4. The molecule has 3 aromatic carbocycles. The minimum Gasteiger partial charge on any atom is -0.467 e. The summed E-state index contributed by atoms with van der Waals surface area (Å²) in [6.45, 7) is 0.169. The lowest BCUT2D eigenvalue weighted by Crippen LogP contribution is -2.48. The molecule has 1 unspecified atom stereocenters. The highest BCUT2D eigenvalue weighted by atomic mass is 16.5. The number of para-hydroxylation sites is 2. The van der Waals surface area contributed by atoms with E-state index < -0.39 is 17.9 Å². The van der Waals surface area contributed by atoms with E-state index in [9.17, 15) is 9.59 Å². The lowest BCUT2D eigenvalue weighted by Gasteiger charge is -2.29. The molecule has 39 heavy (non-hydrogen) atoms. The van der Waals surface area contributed by atoms with Gasteiger partial charge in [-0.15, -0.1) is 0 Å². The third-order valence-corrected chi connectivity index (χ3v) is 6.16. The second-order valence-corrected chi connectivity index (χ2v) is 8.66. The Morgan fingerprint density at radius 3 is 2.28 bits per heavy atom. The molecule has 0 aliphatic rings. The molecule has 10 heteroatoms. The van der Waals surface area contributed by atoms with Crippen LogP contribution in [0.15, 0.2) is 91.1 Å². The second-order valence-electron chi connectivity index (χ2n) is 8.66. The van der Waals surface area contributed by atoms with Gasteiger partial charge in [0.05, 0.1) is 24.7 Å². The number of ether oxygens (including phenoxy) is 1. The van der Waals surface area contributed by atoms with Gasteiger partial charge < -0.3 is 25.3 Å². The van der Waals surface area contributed by atoms with Crippen molar-refractivity contribution in [2.75, 3.05) is 30.9 Å². The maximum absolute atomic E-state index is 13.3. The Balaban J connectivity index is 1.40. The zero-order valence-corrected chi connectivity index (χ0v) is 21.5. The van der Waals surface area contributed by atoms with Crippen molar-refractivity contribution in [1.29, 1.82) is 0 Å². The van der Waals surface area contributed by atoms with Crippen molar-refractivity contribution in [3.63, 3.8) is 0 Å². The predicted octanol–water partition coefficient (Wildman–Crippen LogP) is 4.17. The first kappa shape index (κ1) is 25.4. The topological polar surface area (TPSA) is 125 Å². The summed E-state index contributed by atoms with van der Waals surface area (Å²) in [5.74, 6) is 0.0575. The summed E-state index contributed by atoms with van der Waals surface area (Å²) in [5, 5.41) is 5.75. The van der Waals surface area contributed by atoms with Crippen molar-refractivity contribution < 1.29 is 14.3 Å². The van der Waals surface area contributed by atoms with Crippen molar-refractivity contribution in [2.24, 2.45) is 0 Å². The van der Waals surface area contributed by atoms with Crippen LogP contribution in [0.2, 0.25) is 0 Å². The minimum absolute atomic E-state index is 0.169. The zero-order chi connectivity index (χ0) is 27.2. The van der Waals surface area contributed by atoms with Gasteiger partial charge in [0.25, 0.3) is 5.91 Å². The molecular formula is C29H27N7O3. The fourth-order valence-electron chi connectivity index (χ4n) is 4.20. The number of hydrogen-bond donors (Lipinski definition) is 3. The normalized spacial score (nSPS) is 11.5. The molecule has 0 saturated heterocycles. The van der Waals surface area contributed by atoms with Crippen molar-refractivity contribution in [1.82, 2.24) is 25.3 Å². The molecule has 3 N–H and O–H groups in total. The second kappa shape index (κ2) is 11.4. The molecule has 0 saturated carbocycles. The Labute approximate surface area is 225 Å². The summed E-state index contributed by atoms with van der Waals surface area (Å²) in [7, 11) is 3.05. The van der Waals surface area contributed by atoms with Crippen LogP contribution in [0.5, 0.6) is 0 Å². The Morgan fingerprint density at radius 2 is 1.64 bits per heavy atom. The van der Waals surface area contributed by atoms with E-state index in [1.165, 1.54) is 7.11 Å². The SMILES string of the molecule is CNc1nccc(-c2nc3cc(C(=O)NC(CN(c4ccccc4)c4ccccc4)C(=O)OC)ccc3[nH]2)n1. The van der Waals surface area contributed by atoms with Gasteiger partial charge >= 0.3 is 5.97 Å². The molecule has 0 fully saturated rings. The van der Waals surface area contributed by atoms with Gasteiger partial charge in [-0.2, -0.15) is 0 Å². The summed E-state index contributed by atoms with van der Waals surface area (Å²) < 4.78 is 5.05. The smallest absolute Gasteiger partial charge is 0.330 e. The lowest BCUT2D eigenvalue weighted by atomic mass is 10.1. The maximum Gasteiger partial charge on any atom is 0.330 e. The van der Waals surface area contributed by atoms with Crippen LogP contribution in [0.3, 0.4) is 0 Å². The molecule has 1 atom stereocenters. The van der Waals surface area contributed by atoms with E-state index in [4.69, 9.17) is 4.74 Å². The number of nitrogens with one attached hydrogen (secondary N) is 3. The van der Waals surface area contributed by atoms with Gasteiger partial charge in [0.15, 0.2) is 5.82 Å². The van der Waals surface area contributed by atoms with Gasteiger partial charge in [-0.05, 0) is 48.5 Å². The van der Waals surface area contributed by atoms with E-state index in [1.54, 1.807) is 37.5 Å². The Hall–Kier alpha value is -5.25. The summed E-state index contributed by atoms with van der Waals surface area (Å²) in [6, 6.07) is 25.3. The predicted molar refractivity (Wildman–Crippen MR) is 150 cm³/mol. The van der Waals surface area contributed by atoms with Gasteiger partial charge in [0.2, 0.25) is 5.95 Å². The highest BCUT2D eigenvalue weighted by molar-refractivity contribution is 5.99. The maximum atomic E-state index is 13.3. The van der Waals surface area contributed by atoms with Gasteiger partial charge in [0, 0.05) is 30.2 Å². The molecule has 0 radical (unpaired) electrons. The Kier molecular flexibility index (Phi) is 7.44. The molecule has 0 aliphatic carbocycles. The zero-order valence-electron chi connectivity index (χ0n) is 21.5. The molecule has 0 spiro atoms. The van der Waals surface area contributed by atoms with Gasteiger partial charge in [-0.1, -0.05) is 36.4 Å². The van der Waals surface area contributed by atoms with Crippen LogP contribution in [0.25, 0.3) is 22.6 Å². The van der Waals surface area contributed by atoms with E-state index >= 15 is 0 Å². The third-order valence-electron chi connectivity index (χ3n) is 6.16. The first-order valence-corrected chi connectivity index (χ1v) is 12.3. The molecule has 5 rings (SSSR count). The lowest BCUT2D eigenvalue weighted by molar-refractivity contribution is -0.142. The molecule has 2 heterocycles. The highest BCUT2D eigenvalue weighted by Crippen LogP contribution is 2.25. The van der Waals surface area contributed by atoms with E-state index in [0.29, 0.717) is 28.5 Å². The van der Waals surface area contributed by atoms with Gasteiger partial charge in [-0.25, -0.2) is 19.7 Å². The van der Waals surface area contributed by atoms with Gasteiger partial charge in [-0.3, -0.25) is 4.79 Å². The molecule has 196 valence electrons. The van der Waals surface area contributed by atoms with Crippen LogP contribution in [0, 0.1) is 0 Å². The summed E-state index contributed by atoms with van der Waals surface area (Å²) in [4.78, 5) is 44.5. The van der Waals surface area contributed by atoms with Crippen LogP contribution < -0.4 is 15.5 Å². The summed E-state index contributed by atoms with van der Waals surface area (Å²) in [6.07, 6.45) is 1.64. The number of aromatic nitrogens is 4. The molecule has 0 aliphatic heterocycles. The number of amides is 1. The number of carbonyl (C=O) groups is 2. The first-order valence-electron chi connectivity index (χ1n) is 12.3. The first-order chi connectivity index (χ1) is 19.1. The van der Waals surface area contributed by atoms with Crippen molar-refractivity contribution in [3.8, 4) is 11.5 Å². The molecular weight excluding hydrogens is 494 g/mol. The molecule has 10 nitrogen and oxygen atoms in total. The molecule has 0 bridgehead atoms. The molecule has 5 aromatic rings. The van der Waals surface area contributed by atoms with E-state index in [1.807, 2.05) is 65.6 Å². The third kappa shape index (κ3) is 5.69. The molecule has 1 amide bonds. The highest BCUT2D eigenvalue weighted by Gasteiger charge is 2.26. The standard InChI is InChI=1S/C29H27N7O3/c1-30-29-31-16-15-23(35-29)26-32-22-14-13-19(17-24(22)33-26)27(37)34-25(28(38)39-2)18-36(20-9-5-3-6-10-20)21-11-7-4-8-12-21/h3-17,25H,18H2,1-2H3,(H,32,33)(H,34,37)(H,30,31,35). The van der Waals surface area contributed by atoms with Crippen molar-refractivity contribution >= 4 is 40.2 Å². The van der Waals surface area contributed by atoms with Crippen LogP contribution in [-0.4, -0.2) is 58.6 Å². The van der Waals surface area contributed by atoms with Crippen LogP contribution in [0.1, 0.15) is 10.4 Å². The van der Waals surface area contributed by atoms with Crippen LogP contribution >= 0.6 is 0 Å². The number of H-pyrrole nitrogens is 1. The number of methoxy groups -OCH3 is 1. The van der Waals surface area contributed by atoms with Crippen LogP contribution in [0.4, 0.5) is 17.3 Å². The number of carbonyl (C=O) groups excluding carboxylic acids is 2. The largest absolute Gasteiger partial charge is 0.467 e. The number of esters is 1.